The van der Waals surface area contributed by atoms with Gasteiger partial charge in [0.05, 0.1) is 19.3 Å². The summed E-state index contributed by atoms with van der Waals surface area (Å²) in [6, 6.07) is 4.01. The van der Waals surface area contributed by atoms with Crippen LogP contribution in [-0.4, -0.2) is 32.8 Å². The Hall–Kier alpha value is -0.910. The fourth-order valence-electron chi connectivity index (χ4n) is 1.20. The molecule has 0 unspecified atom stereocenters. The number of nitrogens with one attached hydrogen (secondary N) is 1. The van der Waals surface area contributed by atoms with Crippen LogP contribution in [-0.2, 0) is 14.3 Å². The molecule has 1 aromatic rings. The van der Waals surface area contributed by atoms with Crippen molar-refractivity contribution in [2.45, 2.75) is 13.0 Å². The number of hydrogen-bond donors (Lipinski definition) is 1. The Morgan fingerprint density at radius 1 is 1.56 bits per heavy atom. The van der Waals surface area contributed by atoms with Gasteiger partial charge >= 0.3 is 0 Å². The number of hydrogen-bond acceptors (Lipinski definition) is 4. The van der Waals surface area contributed by atoms with Crippen molar-refractivity contribution in [3.63, 3.8) is 0 Å². The Morgan fingerprint density at radius 3 is 3.00 bits per heavy atom. The second-order valence-corrected chi connectivity index (χ2v) is 4.33. The molecule has 1 rings (SSSR count). The van der Waals surface area contributed by atoms with E-state index in [0.717, 1.165) is 4.88 Å². The van der Waals surface area contributed by atoms with Gasteiger partial charge in [-0.3, -0.25) is 4.79 Å². The molecule has 0 radical (unpaired) electrons. The summed E-state index contributed by atoms with van der Waals surface area (Å²) in [6.07, 6.45) is 0. The molecular formula is C11H17NO3S. The first-order chi connectivity index (χ1) is 7.74. The predicted molar refractivity (Wildman–Crippen MR) is 63.6 cm³/mol. The molecule has 0 aromatic carbocycles. The number of rotatable bonds is 7. The van der Waals surface area contributed by atoms with Crippen molar-refractivity contribution in [1.29, 1.82) is 0 Å². The lowest BCUT2D eigenvalue weighted by atomic mass is 10.3. The van der Waals surface area contributed by atoms with Crippen LogP contribution < -0.4 is 5.32 Å². The Balaban J connectivity index is 2.19. The molecule has 1 aromatic heterocycles. The minimum atomic E-state index is -0.1000. The smallest absolute Gasteiger partial charge is 0.246 e. The number of carbonyl (C=O) groups excluding carboxylic acids is 1. The fraction of sp³-hybridized carbons (Fsp3) is 0.545. The normalized spacial score (nSPS) is 12.4. The van der Waals surface area contributed by atoms with Crippen molar-refractivity contribution < 1.29 is 14.3 Å². The molecule has 0 bridgehead atoms. The molecule has 0 spiro atoms. The average Bonchev–Trinajstić information content (AvgIpc) is 2.77. The van der Waals surface area contributed by atoms with Gasteiger partial charge in [-0.25, -0.2) is 0 Å². The molecule has 1 N–H and O–H groups in total. The van der Waals surface area contributed by atoms with Crippen molar-refractivity contribution in [3.8, 4) is 0 Å². The number of methoxy groups -OCH3 is 1. The van der Waals surface area contributed by atoms with E-state index in [0.29, 0.717) is 13.2 Å². The Morgan fingerprint density at radius 2 is 2.38 bits per heavy atom. The van der Waals surface area contributed by atoms with Crippen molar-refractivity contribution in [1.82, 2.24) is 5.32 Å². The van der Waals surface area contributed by atoms with Gasteiger partial charge in [0.2, 0.25) is 5.91 Å². The van der Waals surface area contributed by atoms with E-state index in [9.17, 15) is 4.79 Å². The molecule has 1 amide bonds. The third kappa shape index (κ3) is 4.74. The molecule has 0 saturated heterocycles. The highest BCUT2D eigenvalue weighted by atomic mass is 32.1. The van der Waals surface area contributed by atoms with Crippen LogP contribution in [0.15, 0.2) is 17.5 Å². The second-order valence-electron chi connectivity index (χ2n) is 3.35. The highest BCUT2D eigenvalue weighted by Crippen LogP contribution is 2.17. The van der Waals surface area contributed by atoms with Crippen LogP contribution in [0.2, 0.25) is 0 Å². The highest BCUT2D eigenvalue weighted by Gasteiger charge is 2.09. The molecular weight excluding hydrogens is 226 g/mol. The highest BCUT2D eigenvalue weighted by molar-refractivity contribution is 7.10. The molecule has 0 aliphatic carbocycles. The number of carbonyl (C=O) groups is 1. The molecule has 90 valence electrons. The molecule has 16 heavy (non-hydrogen) atoms. The van der Waals surface area contributed by atoms with Crippen LogP contribution in [0.25, 0.3) is 0 Å². The van der Waals surface area contributed by atoms with E-state index in [1.807, 2.05) is 24.4 Å². The average molecular weight is 243 g/mol. The minimum absolute atomic E-state index is 0.0403. The molecule has 1 atom stereocenters. The second kappa shape index (κ2) is 7.38. The topological polar surface area (TPSA) is 47.6 Å². The molecule has 0 aliphatic heterocycles. The van der Waals surface area contributed by atoms with Crippen LogP contribution in [0.5, 0.6) is 0 Å². The van der Waals surface area contributed by atoms with Gasteiger partial charge in [-0.2, -0.15) is 0 Å². The van der Waals surface area contributed by atoms with E-state index < -0.39 is 0 Å². The third-order valence-corrected chi connectivity index (χ3v) is 3.07. The molecule has 0 aliphatic rings. The van der Waals surface area contributed by atoms with E-state index in [2.05, 4.69) is 5.32 Å². The standard InChI is InChI=1S/C11H17NO3S/c1-9(10-4-3-7-16-10)12-11(13)8-15-6-5-14-2/h3-4,7,9H,5-6,8H2,1-2H3,(H,12,13)/t9-/m1/s1. The van der Waals surface area contributed by atoms with Gasteiger partial charge in [-0.05, 0) is 18.4 Å². The maximum absolute atomic E-state index is 11.4. The molecule has 0 fully saturated rings. The first-order valence-electron chi connectivity index (χ1n) is 5.13. The Labute approximate surface area is 99.6 Å². The summed E-state index contributed by atoms with van der Waals surface area (Å²) in [6.45, 7) is 2.99. The van der Waals surface area contributed by atoms with Gasteiger partial charge in [0.25, 0.3) is 0 Å². The summed E-state index contributed by atoms with van der Waals surface area (Å²) in [5.41, 5.74) is 0. The summed E-state index contributed by atoms with van der Waals surface area (Å²) in [5, 5.41) is 4.86. The van der Waals surface area contributed by atoms with Crippen LogP contribution in [0.3, 0.4) is 0 Å². The van der Waals surface area contributed by atoms with Crippen molar-refractivity contribution >= 4 is 17.2 Å². The minimum Gasteiger partial charge on any atom is -0.382 e. The first kappa shape index (κ1) is 13.2. The number of thiophene rings is 1. The fourth-order valence-corrected chi connectivity index (χ4v) is 1.93. The van der Waals surface area contributed by atoms with E-state index in [1.165, 1.54) is 0 Å². The summed E-state index contributed by atoms with van der Waals surface area (Å²) in [7, 11) is 1.60. The van der Waals surface area contributed by atoms with Crippen molar-refractivity contribution in [2.24, 2.45) is 0 Å². The van der Waals surface area contributed by atoms with Crippen LogP contribution >= 0.6 is 11.3 Å². The quantitative estimate of drug-likeness (QED) is 0.740. The summed E-state index contributed by atoms with van der Waals surface area (Å²) >= 11 is 1.63. The van der Waals surface area contributed by atoms with Crippen molar-refractivity contribution in [2.75, 3.05) is 26.9 Å². The van der Waals surface area contributed by atoms with Crippen molar-refractivity contribution in [3.05, 3.63) is 22.4 Å². The van der Waals surface area contributed by atoms with Gasteiger partial charge in [-0.15, -0.1) is 11.3 Å². The van der Waals surface area contributed by atoms with E-state index in [1.54, 1.807) is 18.4 Å². The van der Waals surface area contributed by atoms with Gasteiger partial charge in [0.15, 0.2) is 0 Å². The maximum Gasteiger partial charge on any atom is 0.246 e. The summed E-state index contributed by atoms with van der Waals surface area (Å²) < 4.78 is 9.93. The zero-order valence-corrected chi connectivity index (χ0v) is 10.4. The van der Waals surface area contributed by atoms with Gasteiger partial charge in [0.1, 0.15) is 6.61 Å². The molecule has 5 heteroatoms. The lowest BCUT2D eigenvalue weighted by molar-refractivity contribution is -0.126. The number of amides is 1. The largest absolute Gasteiger partial charge is 0.382 e. The molecule has 1 heterocycles. The monoisotopic (exact) mass is 243 g/mol. The SMILES string of the molecule is COCCOCC(=O)N[C@H](C)c1cccs1. The summed E-state index contributed by atoms with van der Waals surface area (Å²) in [5.74, 6) is -0.1000. The predicted octanol–water partition coefficient (Wildman–Crippen LogP) is 1.59. The van der Waals surface area contributed by atoms with Crippen LogP contribution in [0.1, 0.15) is 17.8 Å². The third-order valence-electron chi connectivity index (χ3n) is 2.01. The van der Waals surface area contributed by atoms with E-state index in [-0.39, 0.29) is 18.6 Å². The zero-order chi connectivity index (χ0) is 11.8. The van der Waals surface area contributed by atoms with Gasteiger partial charge in [0, 0.05) is 12.0 Å². The van der Waals surface area contributed by atoms with Gasteiger partial charge in [-0.1, -0.05) is 6.07 Å². The molecule has 0 saturated carbocycles. The number of ether oxygens (including phenoxy) is 2. The maximum atomic E-state index is 11.4. The Bertz CT molecular complexity index is 300. The van der Waals surface area contributed by atoms with Gasteiger partial charge < -0.3 is 14.8 Å². The van der Waals surface area contributed by atoms with E-state index in [4.69, 9.17) is 9.47 Å². The lowest BCUT2D eigenvalue weighted by Gasteiger charge is -2.12. The summed E-state index contributed by atoms with van der Waals surface area (Å²) in [4.78, 5) is 12.6. The van der Waals surface area contributed by atoms with E-state index >= 15 is 0 Å². The van der Waals surface area contributed by atoms with Crippen LogP contribution in [0, 0.1) is 0 Å². The Kier molecular flexibility index (Phi) is 6.07. The first-order valence-corrected chi connectivity index (χ1v) is 6.01. The zero-order valence-electron chi connectivity index (χ0n) is 9.56. The lowest BCUT2D eigenvalue weighted by Crippen LogP contribution is -2.30. The molecule has 4 nitrogen and oxygen atoms in total. The van der Waals surface area contributed by atoms with Crippen LogP contribution in [0.4, 0.5) is 0 Å².